The van der Waals surface area contributed by atoms with Gasteiger partial charge in [0.2, 0.25) is 10.0 Å². The highest BCUT2D eigenvalue weighted by Crippen LogP contribution is 2.05. The lowest BCUT2D eigenvalue weighted by Gasteiger charge is -2.07. The minimum atomic E-state index is -3.23. The number of rotatable bonds is 8. The van der Waals surface area contributed by atoms with Gasteiger partial charge in [-0.2, -0.15) is 0 Å². The Labute approximate surface area is 119 Å². The van der Waals surface area contributed by atoms with Gasteiger partial charge in [-0.15, -0.1) is 0 Å². The first-order chi connectivity index (χ1) is 9.42. The Hall–Kier alpha value is -1.67. The number of amides is 1. The van der Waals surface area contributed by atoms with E-state index in [1.807, 2.05) is 0 Å². The van der Waals surface area contributed by atoms with E-state index >= 15 is 0 Å². The van der Waals surface area contributed by atoms with Gasteiger partial charge >= 0.3 is 0 Å². The number of carbonyl (C=O) groups is 1. The third-order valence-electron chi connectivity index (χ3n) is 2.35. The molecule has 1 amide bonds. The van der Waals surface area contributed by atoms with E-state index in [0.717, 1.165) is 24.9 Å². The van der Waals surface area contributed by atoms with Crippen LogP contribution in [0.2, 0.25) is 0 Å². The van der Waals surface area contributed by atoms with E-state index in [1.165, 1.54) is 0 Å². The first-order valence-electron chi connectivity index (χ1n) is 6.35. The summed E-state index contributed by atoms with van der Waals surface area (Å²) in [4.78, 5) is 15.8. The van der Waals surface area contributed by atoms with Gasteiger partial charge in [-0.3, -0.25) is 4.79 Å². The normalized spacial score (nSPS) is 11.1. The summed E-state index contributed by atoms with van der Waals surface area (Å²) >= 11 is 0. The zero-order valence-corrected chi connectivity index (χ0v) is 12.5. The molecule has 112 valence electrons. The number of nitrogens with zero attached hydrogens (tertiary/aromatic N) is 1. The number of sulfonamides is 1. The molecule has 7 nitrogen and oxygen atoms in total. The molecule has 8 heteroatoms. The van der Waals surface area contributed by atoms with Crippen molar-refractivity contribution in [3.63, 3.8) is 0 Å². The minimum absolute atomic E-state index is 0.153. The van der Waals surface area contributed by atoms with Gasteiger partial charge < -0.3 is 10.6 Å². The Morgan fingerprint density at radius 2 is 2.00 bits per heavy atom. The Kier molecular flexibility index (Phi) is 6.40. The van der Waals surface area contributed by atoms with Crippen LogP contribution < -0.4 is 15.4 Å². The van der Waals surface area contributed by atoms with E-state index in [0.29, 0.717) is 5.69 Å². The van der Waals surface area contributed by atoms with Crippen molar-refractivity contribution in [1.82, 2.24) is 15.0 Å². The van der Waals surface area contributed by atoms with Crippen LogP contribution in [0.4, 0.5) is 5.69 Å². The van der Waals surface area contributed by atoms with Crippen molar-refractivity contribution in [2.24, 2.45) is 0 Å². The van der Waals surface area contributed by atoms with Crippen LogP contribution in [0.1, 0.15) is 23.8 Å². The third-order valence-corrected chi connectivity index (χ3v) is 3.08. The predicted octanol–water partition coefficient (Wildman–Crippen LogP) is 0.183. The SMILES string of the molecule is CCCNc1ccc(C(=O)NCCNS(C)(=O)=O)nc1. The number of pyridine rings is 1. The maximum atomic E-state index is 11.7. The molecule has 1 heterocycles. The monoisotopic (exact) mass is 300 g/mol. The molecule has 1 aromatic heterocycles. The Balaban J connectivity index is 2.39. The lowest BCUT2D eigenvalue weighted by atomic mass is 10.3. The summed E-state index contributed by atoms with van der Waals surface area (Å²) in [5, 5.41) is 5.74. The smallest absolute Gasteiger partial charge is 0.269 e. The molecule has 0 radical (unpaired) electrons. The topological polar surface area (TPSA) is 100 Å². The average molecular weight is 300 g/mol. The van der Waals surface area contributed by atoms with Crippen LogP contribution in [-0.2, 0) is 10.0 Å². The van der Waals surface area contributed by atoms with Gasteiger partial charge in [-0.1, -0.05) is 6.92 Å². The summed E-state index contributed by atoms with van der Waals surface area (Å²) in [5.41, 5.74) is 1.16. The lowest BCUT2D eigenvalue weighted by Crippen LogP contribution is -2.34. The third kappa shape index (κ3) is 6.48. The maximum absolute atomic E-state index is 11.7. The highest BCUT2D eigenvalue weighted by Gasteiger charge is 2.07. The molecule has 3 N–H and O–H groups in total. The predicted molar refractivity (Wildman–Crippen MR) is 78.2 cm³/mol. The fourth-order valence-corrected chi connectivity index (χ4v) is 1.88. The second-order valence-electron chi connectivity index (χ2n) is 4.28. The molecule has 0 atom stereocenters. The van der Waals surface area contributed by atoms with E-state index in [9.17, 15) is 13.2 Å². The van der Waals surface area contributed by atoms with Gasteiger partial charge in [0, 0.05) is 19.6 Å². The number of hydrogen-bond donors (Lipinski definition) is 3. The molecule has 1 aromatic rings. The summed E-state index contributed by atoms with van der Waals surface area (Å²) in [5.74, 6) is -0.331. The zero-order chi connectivity index (χ0) is 15.0. The highest BCUT2D eigenvalue weighted by molar-refractivity contribution is 7.88. The fourth-order valence-electron chi connectivity index (χ4n) is 1.41. The van der Waals surface area contributed by atoms with Gasteiger partial charge in [0.1, 0.15) is 5.69 Å². The van der Waals surface area contributed by atoms with E-state index in [-0.39, 0.29) is 19.0 Å². The molecule has 0 aromatic carbocycles. The zero-order valence-electron chi connectivity index (χ0n) is 11.6. The van der Waals surface area contributed by atoms with Crippen molar-refractivity contribution < 1.29 is 13.2 Å². The summed E-state index contributed by atoms with van der Waals surface area (Å²) in [6.07, 6.45) is 3.67. The van der Waals surface area contributed by atoms with Crippen molar-refractivity contribution in [2.45, 2.75) is 13.3 Å². The Morgan fingerprint density at radius 3 is 2.55 bits per heavy atom. The van der Waals surface area contributed by atoms with Crippen LogP contribution in [0, 0.1) is 0 Å². The van der Waals surface area contributed by atoms with Crippen LogP contribution in [0.5, 0.6) is 0 Å². The number of aromatic nitrogens is 1. The van der Waals surface area contributed by atoms with Crippen LogP contribution in [0.15, 0.2) is 18.3 Å². The summed E-state index contributed by atoms with van der Waals surface area (Å²) in [6, 6.07) is 3.41. The first-order valence-corrected chi connectivity index (χ1v) is 8.24. The summed E-state index contributed by atoms with van der Waals surface area (Å²) in [6.45, 7) is 3.28. The van der Waals surface area contributed by atoms with Crippen LogP contribution in [0.3, 0.4) is 0 Å². The highest BCUT2D eigenvalue weighted by atomic mass is 32.2. The quantitative estimate of drug-likeness (QED) is 0.595. The Bertz CT molecular complexity index is 528. The molecular weight excluding hydrogens is 280 g/mol. The molecule has 20 heavy (non-hydrogen) atoms. The summed E-state index contributed by atoms with van der Waals surface area (Å²) < 4.78 is 23.9. The number of nitrogens with one attached hydrogen (secondary N) is 3. The molecule has 0 bridgehead atoms. The molecule has 0 aliphatic heterocycles. The van der Waals surface area contributed by atoms with Gasteiger partial charge in [0.15, 0.2) is 0 Å². The van der Waals surface area contributed by atoms with E-state index < -0.39 is 10.0 Å². The molecular formula is C12H20N4O3S. The first kappa shape index (κ1) is 16.4. The van der Waals surface area contributed by atoms with Gasteiger partial charge in [-0.05, 0) is 18.6 Å². The number of carbonyl (C=O) groups excluding carboxylic acids is 1. The lowest BCUT2D eigenvalue weighted by molar-refractivity contribution is 0.0949. The Morgan fingerprint density at radius 1 is 1.25 bits per heavy atom. The molecule has 0 unspecified atom stereocenters. The van der Waals surface area contributed by atoms with Crippen LogP contribution in [-0.4, -0.2) is 45.2 Å². The standard InChI is InChI=1S/C12H20N4O3S/c1-3-6-13-10-4-5-11(15-9-10)12(17)14-7-8-16-20(2,18)19/h4-5,9,13,16H,3,6-8H2,1-2H3,(H,14,17). The second-order valence-corrected chi connectivity index (χ2v) is 6.11. The molecule has 0 saturated heterocycles. The fraction of sp³-hybridized carbons (Fsp3) is 0.500. The molecule has 0 saturated carbocycles. The van der Waals surface area contributed by atoms with Crippen molar-refractivity contribution in [2.75, 3.05) is 31.2 Å². The molecule has 0 aliphatic rings. The molecule has 1 rings (SSSR count). The summed E-state index contributed by atoms with van der Waals surface area (Å²) in [7, 11) is -3.23. The van der Waals surface area contributed by atoms with Crippen LogP contribution >= 0.6 is 0 Å². The van der Waals surface area contributed by atoms with Gasteiger partial charge in [0.05, 0.1) is 18.1 Å². The van der Waals surface area contributed by atoms with E-state index in [4.69, 9.17) is 0 Å². The largest absolute Gasteiger partial charge is 0.384 e. The maximum Gasteiger partial charge on any atom is 0.269 e. The minimum Gasteiger partial charge on any atom is -0.384 e. The van der Waals surface area contributed by atoms with E-state index in [2.05, 4.69) is 27.3 Å². The van der Waals surface area contributed by atoms with Crippen molar-refractivity contribution in [3.05, 3.63) is 24.0 Å². The number of anilines is 1. The molecule has 0 spiro atoms. The molecule has 0 fully saturated rings. The van der Waals surface area contributed by atoms with Crippen molar-refractivity contribution >= 4 is 21.6 Å². The van der Waals surface area contributed by atoms with Crippen LogP contribution in [0.25, 0.3) is 0 Å². The van der Waals surface area contributed by atoms with E-state index in [1.54, 1.807) is 18.3 Å². The second kappa shape index (κ2) is 7.81. The molecule has 0 aliphatic carbocycles. The average Bonchev–Trinajstić information content (AvgIpc) is 2.40. The van der Waals surface area contributed by atoms with Gasteiger partial charge in [0.25, 0.3) is 5.91 Å². The number of hydrogen-bond acceptors (Lipinski definition) is 5. The van der Waals surface area contributed by atoms with Crippen molar-refractivity contribution in [3.8, 4) is 0 Å². The van der Waals surface area contributed by atoms with Crippen molar-refractivity contribution in [1.29, 1.82) is 0 Å². The van der Waals surface area contributed by atoms with Gasteiger partial charge in [-0.25, -0.2) is 18.1 Å².